The highest BCUT2D eigenvalue weighted by molar-refractivity contribution is 5.73. The minimum absolute atomic E-state index is 0.590. The summed E-state index contributed by atoms with van der Waals surface area (Å²) < 4.78 is 2.15. The van der Waals surface area contributed by atoms with E-state index in [1.165, 1.54) is 55.2 Å². The number of aromatic nitrogens is 3. The lowest BCUT2D eigenvalue weighted by molar-refractivity contribution is -0.633. The van der Waals surface area contributed by atoms with Crippen molar-refractivity contribution in [1.29, 1.82) is 0 Å². The molecule has 0 saturated heterocycles. The van der Waals surface area contributed by atoms with Crippen LogP contribution in [0.25, 0.3) is 11.0 Å². The molecular formula is C15H19N4+. The topological polar surface area (TPSA) is 41.7 Å². The summed E-state index contributed by atoms with van der Waals surface area (Å²) in [6, 6.07) is 5.11. The van der Waals surface area contributed by atoms with E-state index in [0.29, 0.717) is 6.04 Å². The minimum atomic E-state index is 0.590. The summed E-state index contributed by atoms with van der Waals surface area (Å²) >= 11 is 0. The predicted octanol–water partition coefficient (Wildman–Crippen LogP) is 1.91. The van der Waals surface area contributed by atoms with Gasteiger partial charge in [-0.25, -0.2) is 4.57 Å². The van der Waals surface area contributed by atoms with Gasteiger partial charge in [0, 0.05) is 5.10 Å². The van der Waals surface area contributed by atoms with Gasteiger partial charge in [-0.3, -0.25) is 5.32 Å². The molecule has 19 heavy (non-hydrogen) atoms. The van der Waals surface area contributed by atoms with Gasteiger partial charge in [-0.1, -0.05) is 5.10 Å². The fourth-order valence-electron chi connectivity index (χ4n) is 3.09. The Morgan fingerprint density at radius 2 is 1.89 bits per heavy atom. The van der Waals surface area contributed by atoms with Crippen molar-refractivity contribution >= 4 is 17.0 Å². The van der Waals surface area contributed by atoms with Crippen LogP contribution in [0.1, 0.15) is 36.8 Å². The summed E-state index contributed by atoms with van der Waals surface area (Å²) in [7, 11) is 2.08. The van der Waals surface area contributed by atoms with Gasteiger partial charge in [0.15, 0.2) is 0 Å². The standard InChI is InChI=1S/C15H18N4/c1-19-14-9-11-5-2-4-10(11)8-13(14)17-18-15(19)16-12-6-3-7-12/h8-9,12H,2-7H2,1H3/p+1. The van der Waals surface area contributed by atoms with Crippen molar-refractivity contribution in [2.24, 2.45) is 7.05 Å². The van der Waals surface area contributed by atoms with Crippen LogP contribution in [-0.2, 0) is 19.9 Å². The number of fused-ring (bicyclic) bond motifs is 2. The minimum Gasteiger partial charge on any atom is -0.270 e. The number of hydrogen-bond acceptors (Lipinski definition) is 3. The molecule has 1 fully saturated rings. The molecule has 4 rings (SSSR count). The Hall–Kier alpha value is -1.71. The first-order valence-electron chi connectivity index (χ1n) is 7.26. The largest absolute Gasteiger partial charge is 0.415 e. The lowest BCUT2D eigenvalue weighted by atomic mass is 9.93. The fourth-order valence-corrected chi connectivity index (χ4v) is 3.09. The number of nitrogens with one attached hydrogen (secondary N) is 1. The first-order chi connectivity index (χ1) is 9.31. The predicted molar refractivity (Wildman–Crippen MR) is 74.0 cm³/mol. The van der Waals surface area contributed by atoms with E-state index < -0.39 is 0 Å². The quantitative estimate of drug-likeness (QED) is 0.833. The van der Waals surface area contributed by atoms with Gasteiger partial charge in [0.25, 0.3) is 0 Å². The van der Waals surface area contributed by atoms with Crippen molar-refractivity contribution in [2.45, 2.75) is 44.6 Å². The number of aryl methyl sites for hydroxylation is 3. The molecule has 2 aromatic rings. The molecule has 0 unspecified atom stereocenters. The van der Waals surface area contributed by atoms with Gasteiger partial charge in [-0.2, -0.15) is 0 Å². The third kappa shape index (κ3) is 1.78. The summed E-state index contributed by atoms with van der Waals surface area (Å²) in [5.41, 5.74) is 5.16. The normalized spacial score (nSPS) is 18.4. The molecule has 1 saturated carbocycles. The maximum atomic E-state index is 4.40. The SMILES string of the molecule is C[n+]1c(NC2CCC2)nnc2cc3c(cc21)CCC3. The van der Waals surface area contributed by atoms with Gasteiger partial charge in [0.05, 0.1) is 13.1 Å². The number of hydrogen-bond donors (Lipinski definition) is 1. The van der Waals surface area contributed by atoms with Crippen molar-refractivity contribution < 1.29 is 4.57 Å². The van der Waals surface area contributed by atoms with Crippen LogP contribution in [-0.4, -0.2) is 16.2 Å². The Morgan fingerprint density at radius 3 is 2.63 bits per heavy atom. The molecule has 98 valence electrons. The highest BCUT2D eigenvalue weighted by Gasteiger charge is 2.25. The van der Waals surface area contributed by atoms with Crippen molar-refractivity contribution in [3.8, 4) is 0 Å². The van der Waals surface area contributed by atoms with Crippen LogP contribution >= 0.6 is 0 Å². The molecule has 1 N–H and O–H groups in total. The summed E-state index contributed by atoms with van der Waals surface area (Å²) in [5.74, 6) is 0.898. The highest BCUT2D eigenvalue weighted by atomic mass is 15.3. The Labute approximate surface area is 112 Å². The van der Waals surface area contributed by atoms with Crippen LogP contribution in [0, 0.1) is 0 Å². The zero-order chi connectivity index (χ0) is 12.8. The van der Waals surface area contributed by atoms with E-state index in [4.69, 9.17) is 0 Å². The maximum Gasteiger partial charge on any atom is 0.415 e. The van der Waals surface area contributed by atoms with Crippen molar-refractivity contribution in [3.63, 3.8) is 0 Å². The van der Waals surface area contributed by atoms with Crippen LogP contribution in [0.5, 0.6) is 0 Å². The molecule has 0 spiro atoms. The summed E-state index contributed by atoms with van der Waals surface area (Å²) in [6.45, 7) is 0. The maximum absolute atomic E-state index is 4.40. The van der Waals surface area contributed by atoms with Gasteiger partial charge >= 0.3 is 5.95 Å². The molecule has 1 heterocycles. The number of benzene rings is 1. The van der Waals surface area contributed by atoms with Crippen LogP contribution in [0.15, 0.2) is 12.1 Å². The second-order valence-electron chi connectivity index (χ2n) is 5.82. The van der Waals surface area contributed by atoms with E-state index in [1.807, 2.05) is 0 Å². The molecule has 0 bridgehead atoms. The van der Waals surface area contributed by atoms with E-state index in [0.717, 1.165) is 11.5 Å². The van der Waals surface area contributed by atoms with Crippen LogP contribution in [0.3, 0.4) is 0 Å². The van der Waals surface area contributed by atoms with Crippen molar-refractivity contribution in [1.82, 2.24) is 10.2 Å². The molecule has 4 heteroatoms. The van der Waals surface area contributed by atoms with Gasteiger partial charge in [-0.15, -0.1) is 0 Å². The van der Waals surface area contributed by atoms with Gasteiger partial charge in [-0.05, 0) is 61.8 Å². The average molecular weight is 255 g/mol. The molecule has 0 atom stereocenters. The second-order valence-corrected chi connectivity index (χ2v) is 5.82. The Kier molecular flexibility index (Phi) is 2.43. The van der Waals surface area contributed by atoms with E-state index in [2.05, 4.69) is 39.3 Å². The van der Waals surface area contributed by atoms with E-state index in [9.17, 15) is 0 Å². The zero-order valence-corrected chi connectivity index (χ0v) is 11.3. The Balaban J connectivity index is 1.80. The molecule has 4 nitrogen and oxygen atoms in total. The second kappa shape index (κ2) is 4.15. The average Bonchev–Trinajstić information content (AvgIpc) is 2.81. The summed E-state index contributed by atoms with van der Waals surface area (Å²) in [4.78, 5) is 0. The number of nitrogens with zero attached hydrogens (tertiary/aromatic N) is 3. The van der Waals surface area contributed by atoms with Crippen LogP contribution in [0.4, 0.5) is 5.95 Å². The van der Waals surface area contributed by atoms with Crippen molar-refractivity contribution in [3.05, 3.63) is 23.3 Å². The van der Waals surface area contributed by atoms with Gasteiger partial charge in [0.2, 0.25) is 0 Å². The summed E-state index contributed by atoms with van der Waals surface area (Å²) in [5, 5.41) is 12.2. The molecule has 0 amide bonds. The fraction of sp³-hybridized carbons (Fsp3) is 0.533. The third-order valence-corrected chi connectivity index (χ3v) is 4.56. The molecular weight excluding hydrogens is 236 g/mol. The molecule has 2 aliphatic carbocycles. The first-order valence-corrected chi connectivity index (χ1v) is 7.26. The third-order valence-electron chi connectivity index (χ3n) is 4.56. The molecule has 1 aromatic carbocycles. The lowest BCUT2D eigenvalue weighted by Gasteiger charge is -2.22. The Bertz CT molecular complexity index is 646. The summed E-state index contributed by atoms with van der Waals surface area (Å²) in [6.07, 6.45) is 7.51. The lowest BCUT2D eigenvalue weighted by Crippen LogP contribution is -2.40. The van der Waals surface area contributed by atoms with Gasteiger partial charge in [0.1, 0.15) is 11.0 Å². The van der Waals surface area contributed by atoms with E-state index in [1.54, 1.807) is 0 Å². The number of rotatable bonds is 2. The number of anilines is 1. The highest BCUT2D eigenvalue weighted by Crippen LogP contribution is 2.26. The van der Waals surface area contributed by atoms with Crippen LogP contribution in [0.2, 0.25) is 0 Å². The van der Waals surface area contributed by atoms with Crippen molar-refractivity contribution in [2.75, 3.05) is 5.32 Å². The molecule has 1 aromatic heterocycles. The smallest absolute Gasteiger partial charge is 0.270 e. The molecule has 2 aliphatic rings. The molecule has 0 radical (unpaired) electrons. The van der Waals surface area contributed by atoms with Gasteiger partial charge < -0.3 is 0 Å². The van der Waals surface area contributed by atoms with E-state index in [-0.39, 0.29) is 0 Å². The monoisotopic (exact) mass is 255 g/mol. The Morgan fingerprint density at radius 1 is 1.11 bits per heavy atom. The molecule has 0 aliphatic heterocycles. The zero-order valence-electron chi connectivity index (χ0n) is 11.3. The van der Waals surface area contributed by atoms with Crippen LogP contribution < -0.4 is 9.88 Å². The first kappa shape index (κ1) is 11.1. The van der Waals surface area contributed by atoms with E-state index >= 15 is 0 Å².